The van der Waals surface area contributed by atoms with Crippen LogP contribution in [0.3, 0.4) is 0 Å². The summed E-state index contributed by atoms with van der Waals surface area (Å²) in [4.78, 5) is 4.54. The smallest absolute Gasteiger partial charge is 0.247 e. The van der Waals surface area contributed by atoms with Crippen molar-refractivity contribution in [3.05, 3.63) is 52.5 Å². The molecule has 0 saturated heterocycles. The van der Waals surface area contributed by atoms with Gasteiger partial charge in [-0.2, -0.15) is 4.98 Å². The first-order valence-electron chi connectivity index (χ1n) is 8.42. The quantitative estimate of drug-likeness (QED) is 0.572. The zero-order valence-corrected chi connectivity index (χ0v) is 17.2. The van der Waals surface area contributed by atoms with Crippen molar-refractivity contribution in [3.63, 3.8) is 0 Å². The van der Waals surface area contributed by atoms with Gasteiger partial charge in [-0.3, -0.25) is 0 Å². The highest BCUT2D eigenvalue weighted by atomic mass is 79.9. The maximum atomic E-state index is 6.23. The van der Waals surface area contributed by atoms with Gasteiger partial charge in [0.25, 0.3) is 0 Å². The molecule has 0 bridgehead atoms. The van der Waals surface area contributed by atoms with E-state index >= 15 is 0 Å². The summed E-state index contributed by atoms with van der Waals surface area (Å²) < 4.78 is 12.8. The van der Waals surface area contributed by atoms with Gasteiger partial charge in [0.15, 0.2) is 11.9 Å². The van der Waals surface area contributed by atoms with Crippen molar-refractivity contribution in [1.82, 2.24) is 15.2 Å². The van der Waals surface area contributed by atoms with Crippen LogP contribution in [0.4, 0.5) is 5.69 Å². The summed E-state index contributed by atoms with van der Waals surface area (Å²) in [6.45, 7) is 2.57. The first-order chi connectivity index (χ1) is 13.2. The average Bonchev–Trinajstić information content (AvgIpc) is 2.84. The molecule has 3 aromatic rings. The van der Waals surface area contributed by atoms with E-state index in [-0.39, 0.29) is 0 Å². The molecule has 4 rings (SSSR count). The number of anilines is 1. The lowest BCUT2D eigenvalue weighted by atomic mass is 10.1. The monoisotopic (exact) mass is 444 g/mol. The van der Waals surface area contributed by atoms with Gasteiger partial charge in [-0.15, -0.1) is 10.2 Å². The SMILES string of the molecule is CCOc1cccc(C2Nc3ccc(Br)cc3-c3nnc(SC)nc3O2)c1. The minimum absolute atomic E-state index is 0.432. The third-order valence-electron chi connectivity index (χ3n) is 4.04. The van der Waals surface area contributed by atoms with Gasteiger partial charge in [-0.05, 0) is 43.5 Å². The van der Waals surface area contributed by atoms with Crippen molar-refractivity contribution in [1.29, 1.82) is 0 Å². The lowest BCUT2D eigenvalue weighted by Gasteiger charge is -2.20. The molecule has 2 heterocycles. The molecular formula is C19H17BrN4O2S. The molecule has 138 valence electrons. The van der Waals surface area contributed by atoms with Gasteiger partial charge in [0.05, 0.1) is 6.61 Å². The molecular weight excluding hydrogens is 428 g/mol. The van der Waals surface area contributed by atoms with E-state index < -0.39 is 6.23 Å². The molecule has 1 aliphatic heterocycles. The Hall–Kier alpha value is -2.32. The second-order valence-electron chi connectivity index (χ2n) is 5.79. The van der Waals surface area contributed by atoms with Crippen LogP contribution in [-0.4, -0.2) is 28.0 Å². The summed E-state index contributed by atoms with van der Waals surface area (Å²) >= 11 is 4.95. The number of nitrogens with one attached hydrogen (secondary N) is 1. The van der Waals surface area contributed by atoms with Crippen molar-refractivity contribution in [2.75, 3.05) is 18.2 Å². The Kier molecular flexibility index (Phi) is 5.18. The fourth-order valence-corrected chi connectivity index (χ4v) is 3.50. The molecule has 2 aromatic carbocycles. The fourth-order valence-electron chi connectivity index (χ4n) is 2.84. The number of fused-ring (bicyclic) bond motifs is 3. The van der Waals surface area contributed by atoms with E-state index in [9.17, 15) is 0 Å². The first-order valence-corrected chi connectivity index (χ1v) is 10.4. The standard InChI is InChI=1S/C19H17BrN4O2S/c1-3-25-13-6-4-5-11(9-13)17-21-15-8-7-12(20)10-14(15)16-18(26-17)22-19(27-2)24-23-16/h4-10,17,21H,3H2,1-2H3. The van der Waals surface area contributed by atoms with Crippen LogP contribution in [0.15, 0.2) is 52.1 Å². The number of thioether (sulfide) groups is 1. The number of benzene rings is 2. The van der Waals surface area contributed by atoms with Crippen LogP contribution in [0.5, 0.6) is 11.6 Å². The van der Waals surface area contributed by atoms with Crippen molar-refractivity contribution >= 4 is 33.4 Å². The number of hydrogen-bond donors (Lipinski definition) is 1. The van der Waals surface area contributed by atoms with Gasteiger partial charge >= 0.3 is 0 Å². The Morgan fingerprint density at radius 1 is 1.22 bits per heavy atom. The molecule has 0 spiro atoms. The van der Waals surface area contributed by atoms with Gasteiger partial charge in [0.2, 0.25) is 11.0 Å². The van der Waals surface area contributed by atoms with Crippen LogP contribution in [0.1, 0.15) is 18.7 Å². The van der Waals surface area contributed by atoms with Crippen LogP contribution < -0.4 is 14.8 Å². The Balaban J connectivity index is 1.82. The number of rotatable bonds is 4. The lowest BCUT2D eigenvalue weighted by molar-refractivity contribution is 0.224. The van der Waals surface area contributed by atoms with Crippen molar-refractivity contribution in [3.8, 4) is 22.9 Å². The van der Waals surface area contributed by atoms with Crippen LogP contribution >= 0.6 is 27.7 Å². The fraction of sp³-hybridized carbons (Fsp3) is 0.211. The van der Waals surface area contributed by atoms with Gasteiger partial charge in [-0.1, -0.05) is 39.8 Å². The molecule has 0 saturated carbocycles. The van der Waals surface area contributed by atoms with E-state index in [4.69, 9.17) is 9.47 Å². The summed E-state index contributed by atoms with van der Waals surface area (Å²) in [5, 5.41) is 12.5. The number of hydrogen-bond acceptors (Lipinski definition) is 7. The van der Waals surface area contributed by atoms with Gasteiger partial charge in [0.1, 0.15) is 5.75 Å². The normalized spacial score (nSPS) is 15.0. The number of aromatic nitrogens is 3. The molecule has 1 atom stereocenters. The Bertz CT molecular complexity index is 986. The molecule has 6 nitrogen and oxygen atoms in total. The topological polar surface area (TPSA) is 69.2 Å². The van der Waals surface area contributed by atoms with Crippen LogP contribution in [0.25, 0.3) is 11.3 Å². The Morgan fingerprint density at radius 2 is 2.11 bits per heavy atom. The molecule has 1 aromatic heterocycles. The van der Waals surface area contributed by atoms with Crippen molar-refractivity contribution in [2.45, 2.75) is 18.3 Å². The molecule has 0 amide bonds. The van der Waals surface area contributed by atoms with E-state index in [1.807, 2.05) is 55.6 Å². The predicted molar refractivity (Wildman–Crippen MR) is 109 cm³/mol. The molecule has 1 N–H and O–H groups in total. The second-order valence-corrected chi connectivity index (χ2v) is 7.48. The minimum Gasteiger partial charge on any atom is -0.494 e. The molecule has 1 unspecified atom stereocenters. The molecule has 1 aliphatic rings. The Morgan fingerprint density at radius 3 is 2.93 bits per heavy atom. The van der Waals surface area contributed by atoms with Crippen LogP contribution in [0, 0.1) is 0 Å². The van der Waals surface area contributed by atoms with Crippen LogP contribution in [-0.2, 0) is 0 Å². The lowest BCUT2D eigenvalue weighted by Crippen LogP contribution is -2.17. The molecule has 0 radical (unpaired) electrons. The van der Waals surface area contributed by atoms with E-state index in [1.165, 1.54) is 11.8 Å². The number of nitrogens with zero attached hydrogens (tertiary/aromatic N) is 3. The van der Waals surface area contributed by atoms with E-state index in [0.717, 1.165) is 27.0 Å². The third kappa shape index (κ3) is 3.72. The third-order valence-corrected chi connectivity index (χ3v) is 5.07. The summed E-state index contributed by atoms with van der Waals surface area (Å²) in [7, 11) is 0. The van der Waals surface area contributed by atoms with Crippen LogP contribution in [0.2, 0.25) is 0 Å². The van der Waals surface area contributed by atoms with Crippen molar-refractivity contribution in [2.24, 2.45) is 0 Å². The van der Waals surface area contributed by atoms with E-state index in [0.29, 0.717) is 23.3 Å². The largest absolute Gasteiger partial charge is 0.494 e. The molecule has 27 heavy (non-hydrogen) atoms. The molecule has 8 heteroatoms. The zero-order chi connectivity index (χ0) is 18.8. The first kappa shape index (κ1) is 18.1. The average molecular weight is 445 g/mol. The Labute approximate surface area is 169 Å². The zero-order valence-electron chi connectivity index (χ0n) is 14.8. The minimum atomic E-state index is -0.432. The summed E-state index contributed by atoms with van der Waals surface area (Å²) in [5.41, 5.74) is 3.33. The summed E-state index contributed by atoms with van der Waals surface area (Å²) in [5.74, 6) is 1.25. The molecule has 0 aliphatic carbocycles. The van der Waals surface area contributed by atoms with E-state index in [1.54, 1.807) is 0 Å². The van der Waals surface area contributed by atoms with E-state index in [2.05, 4.69) is 36.4 Å². The van der Waals surface area contributed by atoms with Gasteiger partial charge < -0.3 is 14.8 Å². The predicted octanol–water partition coefficient (Wildman–Crippen LogP) is 4.92. The molecule has 0 fully saturated rings. The number of ether oxygens (including phenoxy) is 2. The van der Waals surface area contributed by atoms with Gasteiger partial charge in [0, 0.05) is 21.3 Å². The second kappa shape index (κ2) is 7.74. The summed E-state index contributed by atoms with van der Waals surface area (Å²) in [6.07, 6.45) is 1.48. The highest BCUT2D eigenvalue weighted by molar-refractivity contribution is 9.10. The number of halogens is 1. The maximum Gasteiger partial charge on any atom is 0.247 e. The summed E-state index contributed by atoms with van der Waals surface area (Å²) in [6, 6.07) is 13.8. The van der Waals surface area contributed by atoms with Gasteiger partial charge in [-0.25, -0.2) is 0 Å². The highest BCUT2D eigenvalue weighted by Crippen LogP contribution is 2.41. The van der Waals surface area contributed by atoms with Crippen molar-refractivity contribution < 1.29 is 9.47 Å². The highest BCUT2D eigenvalue weighted by Gasteiger charge is 2.26. The maximum absolute atomic E-state index is 6.23.